The van der Waals surface area contributed by atoms with E-state index in [2.05, 4.69) is 29.1 Å². The Balaban J connectivity index is 2.50. The fraction of sp³-hybridized carbons (Fsp3) is 0.667. The van der Waals surface area contributed by atoms with E-state index in [1.807, 2.05) is 0 Å². The number of thioether (sulfide) groups is 1. The summed E-state index contributed by atoms with van der Waals surface area (Å²) in [6, 6.07) is 0. The lowest BCUT2D eigenvalue weighted by molar-refractivity contribution is 0.778. The fourth-order valence-corrected chi connectivity index (χ4v) is 2.43. The Morgan fingerprint density at radius 1 is 1.29 bits per heavy atom. The zero-order valence-corrected chi connectivity index (χ0v) is 12.1. The number of unbranched alkanes of at least 4 members (excludes halogenated alkanes) is 2. The molecule has 0 saturated heterocycles. The highest BCUT2D eigenvalue weighted by molar-refractivity contribution is 7.99. The van der Waals surface area contributed by atoms with Crippen LogP contribution in [0.1, 0.15) is 39.5 Å². The average molecular weight is 274 g/mol. The molecule has 1 aromatic heterocycles. The number of aromatic nitrogens is 2. The van der Waals surface area contributed by atoms with Crippen LogP contribution in [-0.4, -0.2) is 22.3 Å². The summed E-state index contributed by atoms with van der Waals surface area (Å²) in [7, 11) is 0. The lowest BCUT2D eigenvalue weighted by atomic mass is 10.3. The van der Waals surface area contributed by atoms with E-state index in [0.29, 0.717) is 11.0 Å². The van der Waals surface area contributed by atoms with Gasteiger partial charge in [-0.3, -0.25) is 0 Å². The first-order valence-corrected chi connectivity index (χ1v) is 7.53. The first-order chi connectivity index (χ1) is 8.27. The number of hydrogen-bond donors (Lipinski definition) is 1. The fourth-order valence-electron chi connectivity index (χ4n) is 1.30. The third kappa shape index (κ3) is 5.59. The molecule has 0 saturated carbocycles. The molecule has 0 amide bonds. The zero-order valence-electron chi connectivity index (χ0n) is 10.5. The van der Waals surface area contributed by atoms with Crippen LogP contribution in [0.4, 0.5) is 5.95 Å². The molecule has 5 heteroatoms. The molecule has 3 nitrogen and oxygen atoms in total. The molecule has 0 aliphatic rings. The number of hydrogen-bond acceptors (Lipinski definition) is 4. The molecular weight excluding hydrogens is 254 g/mol. The van der Waals surface area contributed by atoms with Crippen LogP contribution in [0.15, 0.2) is 11.2 Å². The molecule has 0 aromatic carbocycles. The maximum absolute atomic E-state index is 6.07. The van der Waals surface area contributed by atoms with Crippen molar-refractivity contribution in [3.63, 3.8) is 0 Å². The standard InChI is InChI=1S/C12H20ClN3S/c1-3-5-6-8-17-11-10(13)9-15-12(16-11)14-7-4-2/h9H,3-8H2,1-2H3,(H,14,15,16). The topological polar surface area (TPSA) is 37.8 Å². The predicted octanol–water partition coefficient (Wildman–Crippen LogP) is 4.23. The van der Waals surface area contributed by atoms with Crippen molar-refractivity contribution >= 4 is 29.3 Å². The van der Waals surface area contributed by atoms with Crippen molar-refractivity contribution < 1.29 is 0 Å². The second-order valence-electron chi connectivity index (χ2n) is 3.83. The zero-order chi connectivity index (χ0) is 12.5. The van der Waals surface area contributed by atoms with Crippen molar-refractivity contribution in [1.29, 1.82) is 0 Å². The van der Waals surface area contributed by atoms with Gasteiger partial charge in [0.2, 0.25) is 5.95 Å². The molecule has 96 valence electrons. The molecule has 0 aliphatic carbocycles. The van der Waals surface area contributed by atoms with Crippen molar-refractivity contribution in [2.75, 3.05) is 17.6 Å². The highest BCUT2D eigenvalue weighted by Crippen LogP contribution is 2.26. The second-order valence-corrected chi connectivity index (χ2v) is 5.32. The molecule has 0 bridgehead atoms. The van der Waals surface area contributed by atoms with E-state index >= 15 is 0 Å². The molecule has 0 atom stereocenters. The SMILES string of the molecule is CCCCCSc1nc(NCCC)ncc1Cl. The van der Waals surface area contributed by atoms with Gasteiger partial charge in [0.05, 0.1) is 11.2 Å². The maximum atomic E-state index is 6.07. The minimum absolute atomic E-state index is 0.647. The summed E-state index contributed by atoms with van der Waals surface area (Å²) in [6.45, 7) is 5.21. The van der Waals surface area contributed by atoms with Crippen molar-refractivity contribution in [3.05, 3.63) is 11.2 Å². The minimum Gasteiger partial charge on any atom is -0.354 e. The van der Waals surface area contributed by atoms with E-state index in [1.54, 1.807) is 18.0 Å². The molecule has 0 fully saturated rings. The first kappa shape index (κ1) is 14.6. The Morgan fingerprint density at radius 2 is 2.12 bits per heavy atom. The third-order valence-electron chi connectivity index (χ3n) is 2.23. The summed E-state index contributed by atoms with van der Waals surface area (Å²) in [4.78, 5) is 8.57. The highest BCUT2D eigenvalue weighted by atomic mass is 35.5. The molecule has 17 heavy (non-hydrogen) atoms. The Kier molecular flexibility index (Phi) is 7.37. The summed E-state index contributed by atoms with van der Waals surface area (Å²) in [5.74, 6) is 1.74. The summed E-state index contributed by atoms with van der Waals surface area (Å²) < 4.78 is 0. The van der Waals surface area contributed by atoms with Gasteiger partial charge in [0.1, 0.15) is 5.03 Å². The van der Waals surface area contributed by atoms with Gasteiger partial charge in [-0.15, -0.1) is 11.8 Å². The lowest BCUT2D eigenvalue weighted by Crippen LogP contribution is -2.04. The number of halogens is 1. The quantitative estimate of drug-likeness (QED) is 0.437. The van der Waals surface area contributed by atoms with Crippen molar-refractivity contribution in [1.82, 2.24) is 9.97 Å². The summed E-state index contributed by atoms with van der Waals surface area (Å²) in [6.07, 6.45) is 6.44. The normalized spacial score (nSPS) is 10.5. The van der Waals surface area contributed by atoms with Crippen LogP contribution >= 0.6 is 23.4 Å². The van der Waals surface area contributed by atoms with Gasteiger partial charge in [-0.1, -0.05) is 38.3 Å². The van der Waals surface area contributed by atoms with Crippen LogP contribution in [0.2, 0.25) is 5.02 Å². The summed E-state index contributed by atoms with van der Waals surface area (Å²) in [5.41, 5.74) is 0. The highest BCUT2D eigenvalue weighted by Gasteiger charge is 2.05. The number of nitrogens with zero attached hydrogens (tertiary/aromatic N) is 2. The van der Waals surface area contributed by atoms with Gasteiger partial charge in [-0.05, 0) is 18.6 Å². The molecule has 1 aromatic rings. The maximum Gasteiger partial charge on any atom is 0.223 e. The van der Waals surface area contributed by atoms with Crippen molar-refractivity contribution in [2.24, 2.45) is 0 Å². The number of nitrogens with one attached hydrogen (secondary N) is 1. The molecule has 1 heterocycles. The van der Waals surface area contributed by atoms with E-state index in [0.717, 1.165) is 23.7 Å². The van der Waals surface area contributed by atoms with Gasteiger partial charge in [-0.25, -0.2) is 9.97 Å². The van der Waals surface area contributed by atoms with E-state index < -0.39 is 0 Å². The van der Waals surface area contributed by atoms with E-state index in [9.17, 15) is 0 Å². The van der Waals surface area contributed by atoms with Crippen LogP contribution in [0.3, 0.4) is 0 Å². The van der Waals surface area contributed by atoms with Crippen molar-refractivity contribution in [2.45, 2.75) is 44.6 Å². The molecule has 0 spiro atoms. The smallest absolute Gasteiger partial charge is 0.223 e. The van der Waals surface area contributed by atoms with Crippen LogP contribution in [0.25, 0.3) is 0 Å². The average Bonchev–Trinajstić information content (AvgIpc) is 2.35. The van der Waals surface area contributed by atoms with Crippen LogP contribution in [-0.2, 0) is 0 Å². The largest absolute Gasteiger partial charge is 0.354 e. The Labute approximate surface area is 113 Å². The second kappa shape index (κ2) is 8.59. The molecule has 0 unspecified atom stereocenters. The Morgan fingerprint density at radius 3 is 2.82 bits per heavy atom. The molecule has 1 rings (SSSR count). The molecule has 1 N–H and O–H groups in total. The third-order valence-corrected chi connectivity index (χ3v) is 3.70. The van der Waals surface area contributed by atoms with Crippen LogP contribution in [0.5, 0.6) is 0 Å². The number of anilines is 1. The molecular formula is C12H20ClN3S. The van der Waals surface area contributed by atoms with Gasteiger partial charge in [-0.2, -0.15) is 0 Å². The van der Waals surface area contributed by atoms with Crippen LogP contribution in [0, 0.1) is 0 Å². The summed E-state index contributed by atoms with van der Waals surface area (Å²) in [5, 5.41) is 4.70. The first-order valence-electron chi connectivity index (χ1n) is 6.17. The number of rotatable bonds is 8. The van der Waals surface area contributed by atoms with E-state index in [-0.39, 0.29) is 0 Å². The summed E-state index contributed by atoms with van der Waals surface area (Å²) >= 11 is 7.78. The van der Waals surface area contributed by atoms with Crippen LogP contribution < -0.4 is 5.32 Å². The lowest BCUT2D eigenvalue weighted by Gasteiger charge is -2.06. The molecule has 0 aliphatic heterocycles. The van der Waals surface area contributed by atoms with Gasteiger partial charge in [0.25, 0.3) is 0 Å². The predicted molar refractivity (Wildman–Crippen MR) is 76.1 cm³/mol. The Hall–Kier alpha value is -0.480. The van der Waals surface area contributed by atoms with E-state index in [1.165, 1.54) is 19.3 Å². The van der Waals surface area contributed by atoms with E-state index in [4.69, 9.17) is 11.6 Å². The van der Waals surface area contributed by atoms with Gasteiger partial charge < -0.3 is 5.32 Å². The Bertz CT molecular complexity index is 334. The van der Waals surface area contributed by atoms with Crippen molar-refractivity contribution in [3.8, 4) is 0 Å². The molecule has 0 radical (unpaired) electrons. The van der Waals surface area contributed by atoms with Gasteiger partial charge in [0, 0.05) is 6.54 Å². The van der Waals surface area contributed by atoms with Gasteiger partial charge >= 0.3 is 0 Å². The van der Waals surface area contributed by atoms with Gasteiger partial charge in [0.15, 0.2) is 0 Å². The minimum atomic E-state index is 0.647. The monoisotopic (exact) mass is 273 g/mol.